The molecule has 0 N–H and O–H groups in total. The number of amides is 1. The van der Waals surface area contributed by atoms with E-state index in [0.29, 0.717) is 24.0 Å². The fourth-order valence-corrected chi connectivity index (χ4v) is 4.06. The van der Waals surface area contributed by atoms with Crippen LogP contribution >= 0.6 is 11.3 Å². The lowest BCUT2D eigenvalue weighted by molar-refractivity contribution is -0.120. The molecule has 0 saturated carbocycles. The zero-order valence-corrected chi connectivity index (χ0v) is 18.7. The third-order valence-electron chi connectivity index (χ3n) is 4.68. The highest BCUT2D eigenvalue weighted by molar-refractivity contribution is 7.22. The fraction of sp³-hybridized carbons (Fsp3) is 0.208. The summed E-state index contributed by atoms with van der Waals surface area (Å²) in [4.78, 5) is 23.7. The van der Waals surface area contributed by atoms with E-state index in [1.807, 2.05) is 49.4 Å². The number of aromatic nitrogens is 2. The molecule has 0 unspecified atom stereocenters. The Hall–Kier alpha value is -3.65. The molecule has 0 bridgehead atoms. The van der Waals surface area contributed by atoms with Gasteiger partial charge >= 0.3 is 0 Å². The van der Waals surface area contributed by atoms with Crippen LogP contribution in [0.3, 0.4) is 0 Å². The summed E-state index contributed by atoms with van der Waals surface area (Å²) < 4.78 is 17.5. The molecule has 0 aliphatic rings. The van der Waals surface area contributed by atoms with Gasteiger partial charge < -0.3 is 14.2 Å². The molecular weight excluding hydrogens is 426 g/mol. The van der Waals surface area contributed by atoms with Crippen molar-refractivity contribution in [3.05, 3.63) is 72.6 Å². The molecule has 2 aromatic heterocycles. The highest BCUT2D eigenvalue weighted by Crippen LogP contribution is 2.32. The van der Waals surface area contributed by atoms with Crippen LogP contribution in [0.15, 0.2) is 67.0 Å². The summed E-state index contributed by atoms with van der Waals surface area (Å²) >= 11 is 1.45. The first-order valence-electron chi connectivity index (χ1n) is 10.2. The Labute approximate surface area is 190 Å². The minimum Gasteiger partial charge on any atom is -0.497 e. The number of pyridine rings is 1. The summed E-state index contributed by atoms with van der Waals surface area (Å²) in [5, 5.41) is 0.595. The molecule has 0 saturated heterocycles. The Bertz CT molecular complexity index is 1180. The normalized spacial score (nSPS) is 10.7. The maximum atomic E-state index is 13.2. The van der Waals surface area contributed by atoms with Crippen molar-refractivity contribution in [2.45, 2.75) is 13.5 Å². The number of carbonyl (C=O) groups is 1. The standard InChI is InChI=1S/C24H23N3O4S/c1-3-30-18-6-8-19(9-7-18)31-16-23(28)27(15-17-5-4-12-25-14-17)24-26-21-13-20(29-2)10-11-22(21)32-24/h4-14H,3,15-16H2,1-2H3. The zero-order valence-electron chi connectivity index (χ0n) is 17.9. The summed E-state index contributed by atoms with van der Waals surface area (Å²) in [6.45, 7) is 2.75. The first-order chi connectivity index (χ1) is 15.7. The van der Waals surface area contributed by atoms with Gasteiger partial charge in [0.25, 0.3) is 5.91 Å². The van der Waals surface area contributed by atoms with Crippen LogP contribution in [0.4, 0.5) is 5.13 Å². The Kier molecular flexibility index (Phi) is 6.81. The van der Waals surface area contributed by atoms with Crippen LogP contribution in [0.25, 0.3) is 10.2 Å². The Morgan fingerprint density at radius 1 is 1.03 bits per heavy atom. The topological polar surface area (TPSA) is 73.8 Å². The van der Waals surface area contributed by atoms with Crippen molar-refractivity contribution >= 4 is 32.6 Å². The Morgan fingerprint density at radius 2 is 1.78 bits per heavy atom. The molecule has 0 atom stereocenters. The van der Waals surface area contributed by atoms with Crippen molar-refractivity contribution in [3.8, 4) is 17.2 Å². The van der Waals surface area contributed by atoms with Crippen LogP contribution in [0.5, 0.6) is 17.2 Å². The number of fused-ring (bicyclic) bond motifs is 1. The molecule has 2 heterocycles. The van der Waals surface area contributed by atoms with Crippen molar-refractivity contribution in [3.63, 3.8) is 0 Å². The van der Waals surface area contributed by atoms with Gasteiger partial charge in [0.05, 0.1) is 30.5 Å². The minimum atomic E-state index is -0.200. The molecular formula is C24H23N3O4S. The SMILES string of the molecule is CCOc1ccc(OCC(=O)N(Cc2cccnc2)c2nc3cc(OC)ccc3s2)cc1. The van der Waals surface area contributed by atoms with Crippen LogP contribution in [-0.2, 0) is 11.3 Å². The van der Waals surface area contributed by atoms with E-state index in [1.165, 1.54) is 11.3 Å². The van der Waals surface area contributed by atoms with Crippen molar-refractivity contribution in [2.24, 2.45) is 0 Å². The predicted octanol–water partition coefficient (Wildman–Crippen LogP) is 4.71. The van der Waals surface area contributed by atoms with E-state index in [-0.39, 0.29) is 12.5 Å². The number of anilines is 1. The van der Waals surface area contributed by atoms with E-state index in [2.05, 4.69) is 9.97 Å². The molecule has 8 heteroatoms. The van der Waals surface area contributed by atoms with Gasteiger partial charge in [-0.3, -0.25) is 14.7 Å². The van der Waals surface area contributed by atoms with Gasteiger partial charge in [-0.1, -0.05) is 17.4 Å². The number of nitrogens with zero attached hydrogens (tertiary/aromatic N) is 3. The number of hydrogen-bond acceptors (Lipinski definition) is 7. The molecule has 2 aromatic carbocycles. The van der Waals surface area contributed by atoms with Crippen LogP contribution in [0.2, 0.25) is 0 Å². The van der Waals surface area contributed by atoms with E-state index >= 15 is 0 Å². The molecule has 0 aliphatic carbocycles. The van der Waals surface area contributed by atoms with Crippen molar-refractivity contribution in [1.29, 1.82) is 0 Å². The van der Waals surface area contributed by atoms with Gasteiger partial charge in [0, 0.05) is 18.5 Å². The number of carbonyl (C=O) groups excluding carboxylic acids is 1. The number of methoxy groups -OCH3 is 1. The van der Waals surface area contributed by atoms with Crippen LogP contribution in [0, 0.1) is 0 Å². The van der Waals surface area contributed by atoms with E-state index in [0.717, 1.165) is 27.3 Å². The van der Waals surface area contributed by atoms with E-state index < -0.39 is 0 Å². The lowest BCUT2D eigenvalue weighted by Crippen LogP contribution is -2.34. The molecule has 0 aliphatic heterocycles. The number of rotatable bonds is 9. The molecule has 32 heavy (non-hydrogen) atoms. The Morgan fingerprint density at radius 3 is 2.47 bits per heavy atom. The average molecular weight is 450 g/mol. The maximum absolute atomic E-state index is 13.2. The molecule has 164 valence electrons. The van der Waals surface area contributed by atoms with Crippen LogP contribution in [-0.4, -0.2) is 36.2 Å². The lowest BCUT2D eigenvalue weighted by atomic mass is 10.2. The maximum Gasteiger partial charge on any atom is 0.267 e. The van der Waals surface area contributed by atoms with Crippen molar-refractivity contribution < 1.29 is 19.0 Å². The van der Waals surface area contributed by atoms with Crippen LogP contribution in [0.1, 0.15) is 12.5 Å². The van der Waals surface area contributed by atoms with E-state index in [9.17, 15) is 4.79 Å². The first-order valence-corrected chi connectivity index (χ1v) is 11.0. The summed E-state index contributed by atoms with van der Waals surface area (Å²) in [5.74, 6) is 1.87. The average Bonchev–Trinajstić information content (AvgIpc) is 3.25. The molecule has 0 fully saturated rings. The van der Waals surface area contributed by atoms with Crippen LogP contribution < -0.4 is 19.1 Å². The third kappa shape index (κ3) is 5.15. The zero-order chi connectivity index (χ0) is 22.3. The van der Waals surface area contributed by atoms with Gasteiger partial charge in [-0.2, -0.15) is 0 Å². The van der Waals surface area contributed by atoms with Gasteiger partial charge in [0.15, 0.2) is 11.7 Å². The lowest BCUT2D eigenvalue weighted by Gasteiger charge is -2.20. The molecule has 4 rings (SSSR count). The largest absolute Gasteiger partial charge is 0.497 e. The molecule has 1 amide bonds. The van der Waals surface area contributed by atoms with Gasteiger partial charge in [0.1, 0.15) is 17.2 Å². The number of hydrogen-bond donors (Lipinski definition) is 0. The van der Waals surface area contributed by atoms with Crippen molar-refractivity contribution in [1.82, 2.24) is 9.97 Å². The van der Waals surface area contributed by atoms with E-state index in [4.69, 9.17) is 14.2 Å². The van der Waals surface area contributed by atoms with Gasteiger partial charge in [-0.05, 0) is 55.0 Å². The molecule has 7 nitrogen and oxygen atoms in total. The van der Waals surface area contributed by atoms with Crippen molar-refractivity contribution in [2.75, 3.05) is 25.2 Å². The quantitative estimate of drug-likeness (QED) is 0.368. The van der Waals surface area contributed by atoms with E-state index in [1.54, 1.807) is 36.5 Å². The highest BCUT2D eigenvalue weighted by atomic mass is 32.1. The second kappa shape index (κ2) is 10.1. The summed E-state index contributed by atoms with van der Waals surface area (Å²) in [5.41, 5.74) is 1.68. The molecule has 0 spiro atoms. The highest BCUT2D eigenvalue weighted by Gasteiger charge is 2.21. The number of ether oxygens (including phenoxy) is 3. The summed E-state index contributed by atoms with van der Waals surface area (Å²) in [7, 11) is 1.62. The second-order valence-electron chi connectivity index (χ2n) is 6.86. The second-order valence-corrected chi connectivity index (χ2v) is 7.87. The first kappa shape index (κ1) is 21.6. The monoisotopic (exact) mass is 449 g/mol. The smallest absolute Gasteiger partial charge is 0.267 e. The van der Waals surface area contributed by atoms with Gasteiger partial charge in [-0.15, -0.1) is 0 Å². The minimum absolute atomic E-state index is 0.118. The third-order valence-corrected chi connectivity index (χ3v) is 5.74. The summed E-state index contributed by atoms with van der Waals surface area (Å²) in [6, 6.07) is 16.7. The van der Waals surface area contributed by atoms with Gasteiger partial charge in [-0.25, -0.2) is 4.98 Å². The number of thiazole rings is 1. The predicted molar refractivity (Wildman–Crippen MR) is 125 cm³/mol. The van der Waals surface area contributed by atoms with Gasteiger partial charge in [0.2, 0.25) is 0 Å². The summed E-state index contributed by atoms with van der Waals surface area (Å²) in [6.07, 6.45) is 3.44. The fourth-order valence-electron chi connectivity index (χ4n) is 3.10. The molecule has 0 radical (unpaired) electrons. The molecule has 4 aromatic rings. The Balaban J connectivity index is 1.55. The number of benzene rings is 2.